The first-order valence-electron chi connectivity index (χ1n) is 5.60. The van der Waals surface area contributed by atoms with Gasteiger partial charge in [0.25, 0.3) is 5.91 Å². The summed E-state index contributed by atoms with van der Waals surface area (Å²) in [5.74, 6) is -1.05. The molecule has 1 rings (SSSR count). The van der Waals surface area contributed by atoms with Crippen LogP contribution in [0.5, 0.6) is 0 Å². The summed E-state index contributed by atoms with van der Waals surface area (Å²) in [7, 11) is 0. The highest BCUT2D eigenvalue weighted by Crippen LogP contribution is 2.18. The van der Waals surface area contributed by atoms with Gasteiger partial charge in [-0.15, -0.1) is 0 Å². The maximum absolute atomic E-state index is 13.6. The number of halogens is 2. The standard InChI is InChI=1S/C13H14ClFN2O/c1-9(2)17(7-3-6-16)13(18)11-8-10(14)4-5-12(11)15/h4-5,8-9H,3,7H2,1-2H3. The molecule has 0 radical (unpaired) electrons. The molecule has 0 aliphatic heterocycles. The zero-order valence-corrected chi connectivity index (χ0v) is 11.0. The molecule has 0 atom stereocenters. The smallest absolute Gasteiger partial charge is 0.257 e. The molecule has 0 aromatic heterocycles. The Labute approximate surface area is 111 Å². The average molecular weight is 269 g/mol. The number of nitrogens with zero attached hydrogens (tertiary/aromatic N) is 2. The van der Waals surface area contributed by atoms with Crippen LogP contribution in [-0.2, 0) is 0 Å². The van der Waals surface area contributed by atoms with Crippen molar-refractivity contribution in [2.75, 3.05) is 6.54 Å². The summed E-state index contributed by atoms with van der Waals surface area (Å²) in [5, 5.41) is 8.87. The van der Waals surface area contributed by atoms with E-state index in [0.29, 0.717) is 5.02 Å². The van der Waals surface area contributed by atoms with E-state index in [1.54, 1.807) is 0 Å². The van der Waals surface area contributed by atoms with Crippen LogP contribution < -0.4 is 0 Å². The fourth-order valence-electron chi connectivity index (χ4n) is 1.58. The topological polar surface area (TPSA) is 44.1 Å². The van der Waals surface area contributed by atoms with E-state index >= 15 is 0 Å². The van der Waals surface area contributed by atoms with E-state index in [2.05, 4.69) is 0 Å². The van der Waals surface area contributed by atoms with Gasteiger partial charge in [-0.1, -0.05) is 11.6 Å². The number of benzene rings is 1. The molecule has 0 aliphatic rings. The van der Waals surface area contributed by atoms with Crippen LogP contribution >= 0.6 is 11.6 Å². The number of nitriles is 1. The fraction of sp³-hybridized carbons (Fsp3) is 0.385. The molecule has 18 heavy (non-hydrogen) atoms. The van der Waals surface area contributed by atoms with Crippen molar-refractivity contribution >= 4 is 17.5 Å². The molecule has 0 bridgehead atoms. The molecule has 3 nitrogen and oxygen atoms in total. The van der Waals surface area contributed by atoms with E-state index in [-0.39, 0.29) is 24.6 Å². The van der Waals surface area contributed by atoms with Gasteiger partial charge in [-0.2, -0.15) is 5.26 Å². The number of hydrogen-bond acceptors (Lipinski definition) is 2. The van der Waals surface area contributed by atoms with Crippen LogP contribution in [0.15, 0.2) is 18.2 Å². The minimum absolute atomic E-state index is 0.0610. The van der Waals surface area contributed by atoms with Gasteiger partial charge in [0.2, 0.25) is 0 Å². The number of carbonyl (C=O) groups excluding carboxylic acids is 1. The molecule has 1 aromatic rings. The van der Waals surface area contributed by atoms with E-state index in [9.17, 15) is 9.18 Å². The quantitative estimate of drug-likeness (QED) is 0.841. The molecule has 1 aromatic carbocycles. The first-order chi connectivity index (χ1) is 8.47. The molecule has 1 amide bonds. The molecule has 0 spiro atoms. The number of hydrogen-bond donors (Lipinski definition) is 0. The van der Waals surface area contributed by atoms with E-state index in [0.717, 1.165) is 0 Å². The predicted octanol–water partition coefficient (Wildman–Crippen LogP) is 3.24. The Balaban J connectivity index is 3.02. The van der Waals surface area contributed by atoms with Crippen molar-refractivity contribution < 1.29 is 9.18 Å². The van der Waals surface area contributed by atoms with Gasteiger partial charge < -0.3 is 4.90 Å². The highest BCUT2D eigenvalue weighted by molar-refractivity contribution is 6.31. The third-order valence-electron chi connectivity index (χ3n) is 2.51. The molecular weight excluding hydrogens is 255 g/mol. The molecule has 0 N–H and O–H groups in total. The molecule has 5 heteroatoms. The maximum Gasteiger partial charge on any atom is 0.257 e. The summed E-state index contributed by atoms with van der Waals surface area (Å²) >= 11 is 5.76. The Hall–Kier alpha value is -1.60. The second-order valence-electron chi connectivity index (χ2n) is 4.12. The zero-order valence-electron chi connectivity index (χ0n) is 10.3. The summed E-state index contributed by atoms with van der Waals surface area (Å²) in [4.78, 5) is 13.6. The SMILES string of the molecule is CC(C)N(CCC#N)C(=O)c1cc(Cl)ccc1F. The number of amides is 1. The lowest BCUT2D eigenvalue weighted by Crippen LogP contribution is -2.38. The Bertz CT molecular complexity index is 482. The lowest BCUT2D eigenvalue weighted by atomic mass is 10.1. The molecule has 0 fully saturated rings. The second-order valence-corrected chi connectivity index (χ2v) is 4.56. The van der Waals surface area contributed by atoms with E-state index in [4.69, 9.17) is 16.9 Å². The first-order valence-corrected chi connectivity index (χ1v) is 5.98. The van der Waals surface area contributed by atoms with Crippen LogP contribution in [0.25, 0.3) is 0 Å². The summed E-state index contributed by atoms with van der Waals surface area (Å²) in [5.41, 5.74) is -0.0610. The van der Waals surface area contributed by atoms with Gasteiger partial charge in [-0.25, -0.2) is 4.39 Å². The Morgan fingerprint density at radius 2 is 2.22 bits per heavy atom. The first kappa shape index (κ1) is 14.5. The second kappa shape index (κ2) is 6.36. The third kappa shape index (κ3) is 3.44. The van der Waals surface area contributed by atoms with Crippen molar-refractivity contribution in [3.63, 3.8) is 0 Å². The zero-order chi connectivity index (χ0) is 13.7. The van der Waals surface area contributed by atoms with E-state index in [1.807, 2.05) is 19.9 Å². The summed E-state index contributed by atoms with van der Waals surface area (Å²) in [6.07, 6.45) is 0.214. The summed E-state index contributed by atoms with van der Waals surface area (Å²) in [6.45, 7) is 3.91. The Morgan fingerprint density at radius 1 is 1.56 bits per heavy atom. The van der Waals surface area contributed by atoms with Gasteiger partial charge in [0.1, 0.15) is 5.82 Å². The average Bonchev–Trinajstić information content (AvgIpc) is 2.32. The lowest BCUT2D eigenvalue weighted by molar-refractivity contribution is 0.0705. The fourth-order valence-corrected chi connectivity index (χ4v) is 1.75. The van der Waals surface area contributed by atoms with Gasteiger partial charge in [0.05, 0.1) is 18.1 Å². The maximum atomic E-state index is 13.6. The Kier molecular flexibility index (Phi) is 5.11. The molecule has 0 aliphatic carbocycles. The van der Waals surface area contributed by atoms with Crippen molar-refractivity contribution in [2.45, 2.75) is 26.3 Å². The largest absolute Gasteiger partial charge is 0.335 e. The minimum atomic E-state index is -0.605. The van der Waals surface area contributed by atoms with Crippen LogP contribution in [0.3, 0.4) is 0 Å². The summed E-state index contributed by atoms with van der Waals surface area (Å²) < 4.78 is 13.6. The van der Waals surface area contributed by atoms with Crippen LogP contribution in [-0.4, -0.2) is 23.4 Å². The van der Waals surface area contributed by atoms with Crippen molar-refractivity contribution in [1.29, 1.82) is 5.26 Å². The van der Waals surface area contributed by atoms with Gasteiger partial charge in [-0.05, 0) is 32.0 Å². The van der Waals surface area contributed by atoms with Crippen molar-refractivity contribution in [2.24, 2.45) is 0 Å². The monoisotopic (exact) mass is 268 g/mol. The van der Waals surface area contributed by atoms with Crippen LogP contribution in [0, 0.1) is 17.1 Å². The molecular formula is C13H14ClFN2O. The molecule has 0 unspecified atom stereocenters. The van der Waals surface area contributed by atoms with E-state index in [1.165, 1.54) is 23.1 Å². The molecule has 0 saturated carbocycles. The number of rotatable bonds is 4. The summed E-state index contributed by atoms with van der Waals surface area (Å²) in [6, 6.07) is 5.73. The Morgan fingerprint density at radius 3 is 2.78 bits per heavy atom. The molecule has 0 saturated heterocycles. The van der Waals surface area contributed by atoms with Crippen LogP contribution in [0.4, 0.5) is 4.39 Å². The lowest BCUT2D eigenvalue weighted by Gasteiger charge is -2.26. The van der Waals surface area contributed by atoms with Crippen LogP contribution in [0.2, 0.25) is 5.02 Å². The van der Waals surface area contributed by atoms with Gasteiger partial charge in [0.15, 0.2) is 0 Å². The van der Waals surface area contributed by atoms with Gasteiger partial charge in [-0.3, -0.25) is 4.79 Å². The van der Waals surface area contributed by atoms with Crippen LogP contribution in [0.1, 0.15) is 30.6 Å². The van der Waals surface area contributed by atoms with E-state index < -0.39 is 11.7 Å². The highest BCUT2D eigenvalue weighted by Gasteiger charge is 2.21. The predicted molar refractivity (Wildman–Crippen MR) is 67.8 cm³/mol. The highest BCUT2D eigenvalue weighted by atomic mass is 35.5. The van der Waals surface area contributed by atoms with Gasteiger partial charge >= 0.3 is 0 Å². The van der Waals surface area contributed by atoms with Crippen molar-refractivity contribution in [3.8, 4) is 6.07 Å². The van der Waals surface area contributed by atoms with Crippen molar-refractivity contribution in [1.82, 2.24) is 4.90 Å². The minimum Gasteiger partial charge on any atom is -0.335 e. The molecule has 0 heterocycles. The van der Waals surface area contributed by atoms with Gasteiger partial charge in [0, 0.05) is 17.6 Å². The third-order valence-corrected chi connectivity index (χ3v) is 2.74. The molecule has 96 valence electrons. The van der Waals surface area contributed by atoms with Crippen molar-refractivity contribution in [3.05, 3.63) is 34.6 Å². The number of carbonyl (C=O) groups is 1. The normalized spacial score (nSPS) is 10.2.